The molecule has 1 aliphatic rings. The molecule has 1 saturated heterocycles. The van der Waals surface area contributed by atoms with Crippen molar-refractivity contribution >= 4 is 35.8 Å². The number of rotatable bonds is 7. The van der Waals surface area contributed by atoms with Crippen molar-refractivity contribution in [3.8, 4) is 5.75 Å². The molecule has 0 aliphatic carbocycles. The Balaban J connectivity index is 0.00000338. The van der Waals surface area contributed by atoms with Crippen LogP contribution in [0.5, 0.6) is 5.75 Å². The molecule has 1 atom stereocenters. The van der Waals surface area contributed by atoms with Crippen molar-refractivity contribution in [2.24, 2.45) is 10.7 Å². The summed E-state index contributed by atoms with van der Waals surface area (Å²) in [4.78, 5) is 17.3. The van der Waals surface area contributed by atoms with Gasteiger partial charge in [0.1, 0.15) is 11.9 Å². The van der Waals surface area contributed by atoms with E-state index in [1.165, 1.54) is 0 Å². The first-order chi connectivity index (χ1) is 12.1. The van der Waals surface area contributed by atoms with Gasteiger partial charge in [-0.1, -0.05) is 18.2 Å². The van der Waals surface area contributed by atoms with Crippen molar-refractivity contribution in [3.63, 3.8) is 0 Å². The van der Waals surface area contributed by atoms with E-state index < -0.39 is 0 Å². The van der Waals surface area contributed by atoms with Crippen LogP contribution in [0.2, 0.25) is 0 Å². The van der Waals surface area contributed by atoms with Crippen LogP contribution in [0.3, 0.4) is 0 Å². The maximum Gasteiger partial charge on any atom is 0.231 e. The summed E-state index contributed by atoms with van der Waals surface area (Å²) in [7, 11) is 1.76. The fourth-order valence-corrected chi connectivity index (χ4v) is 2.86. The summed E-state index contributed by atoms with van der Waals surface area (Å²) in [5.41, 5.74) is 5.25. The van der Waals surface area contributed by atoms with E-state index in [9.17, 15) is 4.79 Å². The summed E-state index contributed by atoms with van der Waals surface area (Å²) < 4.78 is 5.85. The van der Waals surface area contributed by atoms with E-state index in [0.29, 0.717) is 19.1 Å². The fraction of sp³-hybridized carbons (Fsp3) is 0.556. The summed E-state index contributed by atoms with van der Waals surface area (Å²) >= 11 is 0. The Morgan fingerprint density at radius 3 is 2.58 bits per heavy atom. The summed E-state index contributed by atoms with van der Waals surface area (Å²) in [5, 5.41) is 6.75. The smallest absolute Gasteiger partial charge is 0.231 e. The molecule has 1 amide bonds. The molecule has 0 bridgehead atoms. The van der Waals surface area contributed by atoms with Crippen LogP contribution in [0.15, 0.2) is 35.3 Å². The van der Waals surface area contributed by atoms with Crippen LogP contribution in [0.1, 0.15) is 19.8 Å². The van der Waals surface area contributed by atoms with E-state index in [4.69, 9.17) is 10.5 Å². The summed E-state index contributed by atoms with van der Waals surface area (Å²) in [6.07, 6.45) is 1.95. The van der Waals surface area contributed by atoms with E-state index in [2.05, 4.69) is 20.5 Å². The number of nitrogens with two attached hydrogens (primary N) is 1. The Kier molecular flexibility index (Phi) is 10.3. The SMILES string of the molecule is CN=C(NCC(C)Oc1ccccc1)NC1CCN(CC(N)=O)CC1.I. The molecular weight excluding hydrogens is 445 g/mol. The number of para-hydroxylation sites is 1. The molecular formula is C18H30IN5O2. The highest BCUT2D eigenvalue weighted by Crippen LogP contribution is 2.11. The van der Waals surface area contributed by atoms with E-state index in [-0.39, 0.29) is 36.0 Å². The summed E-state index contributed by atoms with van der Waals surface area (Å²) in [6.45, 7) is 4.76. The van der Waals surface area contributed by atoms with Gasteiger partial charge in [-0.15, -0.1) is 24.0 Å². The minimum Gasteiger partial charge on any atom is -0.489 e. The number of hydrogen-bond donors (Lipinski definition) is 3. The highest BCUT2D eigenvalue weighted by Gasteiger charge is 2.20. The van der Waals surface area contributed by atoms with E-state index in [1.54, 1.807) is 7.05 Å². The first kappa shape index (κ1) is 22.5. The normalized spacial score (nSPS) is 17.1. The van der Waals surface area contributed by atoms with Gasteiger partial charge in [0.25, 0.3) is 0 Å². The van der Waals surface area contributed by atoms with Crippen molar-refractivity contribution in [1.82, 2.24) is 15.5 Å². The molecule has 8 heteroatoms. The number of benzene rings is 1. The standard InChI is InChI=1S/C18H29N5O2.HI/c1-14(25-16-6-4-3-5-7-16)12-21-18(20-2)22-15-8-10-23(11-9-15)13-17(19)24;/h3-7,14-15H,8-13H2,1-2H3,(H2,19,24)(H2,20,21,22);1H. The highest BCUT2D eigenvalue weighted by molar-refractivity contribution is 14.0. The van der Waals surface area contributed by atoms with Gasteiger partial charge >= 0.3 is 0 Å². The number of amides is 1. The average Bonchev–Trinajstić information content (AvgIpc) is 2.60. The predicted molar refractivity (Wildman–Crippen MR) is 115 cm³/mol. The molecule has 0 aromatic heterocycles. The van der Waals surface area contributed by atoms with Crippen LogP contribution in [0, 0.1) is 0 Å². The highest BCUT2D eigenvalue weighted by atomic mass is 127. The van der Waals surface area contributed by atoms with Gasteiger partial charge in [0.2, 0.25) is 5.91 Å². The molecule has 0 spiro atoms. The number of halogens is 1. The van der Waals surface area contributed by atoms with Gasteiger partial charge in [0, 0.05) is 26.2 Å². The molecule has 4 N–H and O–H groups in total. The number of nitrogens with one attached hydrogen (secondary N) is 2. The number of likely N-dealkylation sites (tertiary alicyclic amines) is 1. The number of carbonyl (C=O) groups is 1. The van der Waals surface area contributed by atoms with Crippen LogP contribution in [-0.2, 0) is 4.79 Å². The zero-order valence-electron chi connectivity index (χ0n) is 15.5. The third-order valence-corrected chi connectivity index (χ3v) is 4.17. The average molecular weight is 475 g/mol. The van der Waals surface area contributed by atoms with Crippen molar-refractivity contribution < 1.29 is 9.53 Å². The van der Waals surface area contributed by atoms with Gasteiger partial charge in [0.05, 0.1) is 13.1 Å². The number of aliphatic imine (C=N–C) groups is 1. The number of guanidine groups is 1. The Labute approximate surface area is 172 Å². The quantitative estimate of drug-likeness (QED) is 0.313. The Morgan fingerprint density at radius 1 is 1.35 bits per heavy atom. The second-order valence-corrected chi connectivity index (χ2v) is 6.36. The van der Waals surface area contributed by atoms with Gasteiger partial charge in [-0.25, -0.2) is 0 Å². The molecule has 7 nitrogen and oxygen atoms in total. The lowest BCUT2D eigenvalue weighted by molar-refractivity contribution is -0.119. The first-order valence-corrected chi connectivity index (χ1v) is 8.76. The van der Waals surface area contributed by atoms with Crippen molar-refractivity contribution in [1.29, 1.82) is 0 Å². The predicted octanol–water partition coefficient (Wildman–Crippen LogP) is 1.19. The summed E-state index contributed by atoms with van der Waals surface area (Å²) in [5.74, 6) is 1.37. The lowest BCUT2D eigenvalue weighted by atomic mass is 10.1. The third kappa shape index (κ3) is 8.22. The molecule has 2 rings (SSSR count). The summed E-state index contributed by atoms with van der Waals surface area (Å²) in [6, 6.07) is 10.1. The minimum absolute atomic E-state index is 0. The fourth-order valence-electron chi connectivity index (χ4n) is 2.86. The first-order valence-electron chi connectivity index (χ1n) is 8.76. The number of carbonyl (C=O) groups excluding carboxylic acids is 1. The van der Waals surface area contributed by atoms with Gasteiger partial charge in [0.15, 0.2) is 5.96 Å². The molecule has 0 saturated carbocycles. The Morgan fingerprint density at radius 2 is 2.00 bits per heavy atom. The van der Waals surface area contributed by atoms with E-state index in [0.717, 1.165) is 37.6 Å². The van der Waals surface area contributed by atoms with Gasteiger partial charge < -0.3 is 21.1 Å². The second kappa shape index (κ2) is 11.9. The zero-order valence-corrected chi connectivity index (χ0v) is 17.8. The third-order valence-electron chi connectivity index (χ3n) is 4.17. The number of ether oxygens (including phenoxy) is 1. The maximum absolute atomic E-state index is 11.0. The van der Waals surface area contributed by atoms with Crippen molar-refractivity contribution in [2.75, 3.05) is 33.2 Å². The zero-order chi connectivity index (χ0) is 18.1. The van der Waals surface area contributed by atoms with Crippen LogP contribution >= 0.6 is 24.0 Å². The van der Waals surface area contributed by atoms with Gasteiger partial charge in [-0.2, -0.15) is 0 Å². The monoisotopic (exact) mass is 475 g/mol. The minimum atomic E-state index is -0.267. The largest absolute Gasteiger partial charge is 0.489 e. The van der Waals surface area contributed by atoms with Gasteiger partial charge in [-0.3, -0.25) is 14.7 Å². The molecule has 1 heterocycles. The Bertz CT molecular complexity index is 562. The Hall–Kier alpha value is -1.55. The van der Waals surface area contributed by atoms with Crippen LogP contribution in [0.4, 0.5) is 0 Å². The molecule has 1 aromatic carbocycles. The van der Waals surface area contributed by atoms with Gasteiger partial charge in [-0.05, 0) is 31.9 Å². The number of primary amides is 1. The molecule has 26 heavy (non-hydrogen) atoms. The second-order valence-electron chi connectivity index (χ2n) is 6.36. The molecule has 1 fully saturated rings. The maximum atomic E-state index is 11.0. The van der Waals surface area contributed by atoms with Crippen LogP contribution < -0.4 is 21.1 Å². The topological polar surface area (TPSA) is 92.0 Å². The number of nitrogens with zero attached hydrogens (tertiary/aromatic N) is 2. The lowest BCUT2D eigenvalue weighted by Crippen LogP contribution is -2.50. The van der Waals surface area contributed by atoms with Crippen LogP contribution in [-0.4, -0.2) is 62.1 Å². The molecule has 0 radical (unpaired) electrons. The number of hydrogen-bond acceptors (Lipinski definition) is 4. The molecule has 1 aliphatic heterocycles. The molecule has 1 aromatic rings. The number of piperidine rings is 1. The van der Waals surface area contributed by atoms with Crippen molar-refractivity contribution in [3.05, 3.63) is 30.3 Å². The molecule has 146 valence electrons. The van der Waals surface area contributed by atoms with E-state index >= 15 is 0 Å². The molecule has 1 unspecified atom stereocenters. The van der Waals surface area contributed by atoms with Crippen LogP contribution in [0.25, 0.3) is 0 Å². The van der Waals surface area contributed by atoms with E-state index in [1.807, 2.05) is 37.3 Å². The lowest BCUT2D eigenvalue weighted by Gasteiger charge is -2.32. The van der Waals surface area contributed by atoms with Crippen molar-refractivity contribution in [2.45, 2.75) is 31.9 Å².